The quantitative estimate of drug-likeness (QED) is 0.580. The molecule has 0 spiro atoms. The lowest BCUT2D eigenvalue weighted by atomic mass is 10.1. The Bertz CT molecular complexity index is 918. The molecule has 0 unspecified atom stereocenters. The molecule has 0 aliphatic heterocycles. The van der Waals surface area contributed by atoms with E-state index < -0.39 is 0 Å². The van der Waals surface area contributed by atoms with Gasteiger partial charge in [0.15, 0.2) is 0 Å². The Balaban J connectivity index is 1.88. The van der Waals surface area contributed by atoms with Crippen LogP contribution in [0.4, 0.5) is 11.6 Å². The number of hydrogen-bond acceptors (Lipinski definition) is 5. The summed E-state index contributed by atoms with van der Waals surface area (Å²) in [7, 11) is 3.14. The van der Waals surface area contributed by atoms with Crippen LogP contribution in [0.2, 0.25) is 0 Å². The van der Waals surface area contributed by atoms with Crippen LogP contribution in [0.3, 0.4) is 0 Å². The van der Waals surface area contributed by atoms with Crippen molar-refractivity contribution < 1.29 is 9.59 Å². The van der Waals surface area contributed by atoms with Gasteiger partial charge in [0, 0.05) is 37.4 Å². The molecule has 8 nitrogen and oxygen atoms in total. The molecule has 0 saturated carbocycles. The summed E-state index contributed by atoms with van der Waals surface area (Å²) < 4.78 is 0. The number of carbonyl (C=O) groups is 2. The summed E-state index contributed by atoms with van der Waals surface area (Å²) in [5.74, 6) is -0.0115. The Labute approximate surface area is 137 Å². The lowest BCUT2D eigenvalue weighted by Gasteiger charge is -2.05. The standard InChI is InChI=1S/C16H16N6O2/c1-17-14(23)9-3-4-10-7-20-16(22-12(10)5-9)21-11-6-13(19-8-11)15(24)18-2/h3-8,19H,1-2H3,(H,17,23)(H,18,24)(H,20,21,22). The summed E-state index contributed by atoms with van der Waals surface area (Å²) in [6, 6.07) is 6.88. The number of nitrogens with zero attached hydrogens (tertiary/aromatic N) is 2. The van der Waals surface area contributed by atoms with Gasteiger partial charge in [-0.3, -0.25) is 9.59 Å². The molecule has 0 fully saturated rings. The third kappa shape index (κ3) is 3.02. The van der Waals surface area contributed by atoms with Crippen molar-refractivity contribution in [2.24, 2.45) is 0 Å². The van der Waals surface area contributed by atoms with Gasteiger partial charge in [0.25, 0.3) is 11.8 Å². The first kappa shape index (κ1) is 15.5. The van der Waals surface area contributed by atoms with Crippen LogP contribution in [-0.2, 0) is 0 Å². The molecule has 8 heteroatoms. The molecule has 2 heterocycles. The number of H-pyrrole nitrogens is 1. The van der Waals surface area contributed by atoms with Crippen molar-refractivity contribution in [2.75, 3.05) is 19.4 Å². The maximum Gasteiger partial charge on any atom is 0.267 e. The highest BCUT2D eigenvalue weighted by molar-refractivity contribution is 5.97. The fourth-order valence-corrected chi connectivity index (χ4v) is 2.23. The summed E-state index contributed by atoms with van der Waals surface area (Å²) in [5.41, 5.74) is 2.27. The van der Waals surface area contributed by atoms with Crippen LogP contribution in [-0.4, -0.2) is 40.9 Å². The molecule has 1 aromatic carbocycles. The number of anilines is 2. The first-order chi connectivity index (χ1) is 11.6. The number of amides is 2. The first-order valence-corrected chi connectivity index (χ1v) is 7.27. The van der Waals surface area contributed by atoms with Crippen molar-refractivity contribution in [2.45, 2.75) is 0 Å². The molecule has 0 aliphatic rings. The van der Waals surface area contributed by atoms with Gasteiger partial charge in [-0.2, -0.15) is 0 Å². The molecule has 0 atom stereocenters. The second kappa shape index (κ2) is 6.37. The zero-order valence-corrected chi connectivity index (χ0v) is 13.2. The normalized spacial score (nSPS) is 10.4. The third-order valence-electron chi connectivity index (χ3n) is 3.48. The van der Waals surface area contributed by atoms with Crippen molar-refractivity contribution in [3.63, 3.8) is 0 Å². The van der Waals surface area contributed by atoms with E-state index in [1.807, 2.05) is 0 Å². The summed E-state index contributed by atoms with van der Waals surface area (Å²) in [5, 5.41) is 8.97. The van der Waals surface area contributed by atoms with E-state index in [4.69, 9.17) is 0 Å². The van der Waals surface area contributed by atoms with E-state index >= 15 is 0 Å². The minimum absolute atomic E-state index is 0.175. The van der Waals surface area contributed by atoms with Gasteiger partial charge in [-0.05, 0) is 18.2 Å². The molecule has 4 N–H and O–H groups in total. The van der Waals surface area contributed by atoms with Crippen LogP contribution in [0, 0.1) is 0 Å². The minimum Gasteiger partial charge on any atom is -0.355 e. The summed E-state index contributed by atoms with van der Waals surface area (Å²) in [6.45, 7) is 0. The van der Waals surface area contributed by atoms with Crippen LogP contribution in [0.25, 0.3) is 10.9 Å². The first-order valence-electron chi connectivity index (χ1n) is 7.27. The monoisotopic (exact) mass is 324 g/mol. The molecular formula is C16H16N6O2. The van der Waals surface area contributed by atoms with Gasteiger partial charge >= 0.3 is 0 Å². The molecule has 3 rings (SSSR count). The molecule has 0 radical (unpaired) electrons. The highest BCUT2D eigenvalue weighted by Crippen LogP contribution is 2.18. The Morgan fingerprint density at radius 1 is 1.08 bits per heavy atom. The van der Waals surface area contributed by atoms with E-state index in [1.165, 1.54) is 0 Å². The third-order valence-corrected chi connectivity index (χ3v) is 3.48. The molecule has 122 valence electrons. The molecule has 2 aromatic heterocycles. The number of aromatic amines is 1. The number of rotatable bonds is 4. The average Bonchev–Trinajstić information content (AvgIpc) is 3.08. The van der Waals surface area contributed by atoms with E-state index in [1.54, 1.807) is 50.8 Å². The second-order valence-corrected chi connectivity index (χ2v) is 5.05. The van der Waals surface area contributed by atoms with E-state index in [0.29, 0.717) is 28.4 Å². The van der Waals surface area contributed by atoms with Gasteiger partial charge in [-0.1, -0.05) is 6.07 Å². The molecule has 24 heavy (non-hydrogen) atoms. The van der Waals surface area contributed by atoms with Crippen molar-refractivity contribution in [3.05, 3.63) is 47.9 Å². The zero-order chi connectivity index (χ0) is 17.1. The van der Waals surface area contributed by atoms with Crippen LogP contribution in [0.1, 0.15) is 20.8 Å². The van der Waals surface area contributed by atoms with E-state index in [-0.39, 0.29) is 11.8 Å². The Morgan fingerprint density at radius 3 is 2.62 bits per heavy atom. The largest absolute Gasteiger partial charge is 0.355 e. The molecule has 2 amide bonds. The Kier molecular flexibility index (Phi) is 4.11. The lowest BCUT2D eigenvalue weighted by molar-refractivity contribution is 0.0952. The predicted octanol–water partition coefficient (Wildman–Crippen LogP) is 1.42. The number of nitrogens with one attached hydrogen (secondary N) is 4. The smallest absolute Gasteiger partial charge is 0.267 e. The van der Waals surface area contributed by atoms with Crippen molar-refractivity contribution in [3.8, 4) is 0 Å². The van der Waals surface area contributed by atoms with Gasteiger partial charge in [-0.15, -0.1) is 0 Å². The van der Waals surface area contributed by atoms with E-state index in [2.05, 4.69) is 30.9 Å². The maximum absolute atomic E-state index is 11.7. The SMILES string of the molecule is CNC(=O)c1ccc2cnc(Nc3c[nH]c(C(=O)NC)c3)nc2c1. The van der Waals surface area contributed by atoms with Crippen molar-refractivity contribution >= 4 is 34.4 Å². The number of hydrogen-bond donors (Lipinski definition) is 4. The summed E-state index contributed by atoms with van der Waals surface area (Å²) in [6.07, 6.45) is 3.32. The highest BCUT2D eigenvalue weighted by Gasteiger charge is 2.09. The summed E-state index contributed by atoms with van der Waals surface area (Å²) >= 11 is 0. The van der Waals surface area contributed by atoms with E-state index in [9.17, 15) is 9.59 Å². The molecule has 0 aliphatic carbocycles. The molecule has 0 bridgehead atoms. The topological polar surface area (TPSA) is 112 Å². The average molecular weight is 324 g/mol. The van der Waals surface area contributed by atoms with Gasteiger partial charge in [0.2, 0.25) is 5.95 Å². The highest BCUT2D eigenvalue weighted by atomic mass is 16.2. The second-order valence-electron chi connectivity index (χ2n) is 5.05. The fraction of sp³-hybridized carbons (Fsp3) is 0.125. The van der Waals surface area contributed by atoms with Crippen LogP contribution in [0.5, 0.6) is 0 Å². The molecule has 3 aromatic rings. The summed E-state index contributed by atoms with van der Waals surface area (Å²) in [4.78, 5) is 34.8. The number of aromatic nitrogens is 3. The van der Waals surface area contributed by atoms with Crippen LogP contribution < -0.4 is 16.0 Å². The molecular weight excluding hydrogens is 308 g/mol. The predicted molar refractivity (Wildman–Crippen MR) is 90.4 cm³/mol. The maximum atomic E-state index is 11.7. The van der Waals surface area contributed by atoms with Crippen LogP contribution >= 0.6 is 0 Å². The fourth-order valence-electron chi connectivity index (χ4n) is 2.23. The number of fused-ring (bicyclic) bond motifs is 1. The van der Waals surface area contributed by atoms with Crippen molar-refractivity contribution in [1.29, 1.82) is 0 Å². The van der Waals surface area contributed by atoms with Gasteiger partial charge in [0.1, 0.15) is 5.69 Å². The number of carbonyl (C=O) groups excluding carboxylic acids is 2. The van der Waals surface area contributed by atoms with Gasteiger partial charge in [-0.25, -0.2) is 9.97 Å². The Morgan fingerprint density at radius 2 is 1.88 bits per heavy atom. The van der Waals surface area contributed by atoms with Gasteiger partial charge in [0.05, 0.1) is 11.2 Å². The lowest BCUT2D eigenvalue weighted by Crippen LogP contribution is -2.17. The Hall–Kier alpha value is -3.42. The zero-order valence-electron chi connectivity index (χ0n) is 13.2. The van der Waals surface area contributed by atoms with Crippen molar-refractivity contribution in [1.82, 2.24) is 25.6 Å². The number of benzene rings is 1. The van der Waals surface area contributed by atoms with Gasteiger partial charge < -0.3 is 20.9 Å². The van der Waals surface area contributed by atoms with E-state index in [0.717, 1.165) is 5.39 Å². The molecule has 0 saturated heterocycles. The minimum atomic E-state index is -0.210. The van der Waals surface area contributed by atoms with Crippen LogP contribution in [0.15, 0.2) is 36.7 Å².